The van der Waals surface area contributed by atoms with E-state index in [9.17, 15) is 8.42 Å². The molecule has 0 bridgehead atoms. The Bertz CT molecular complexity index is 547. The fourth-order valence-corrected chi connectivity index (χ4v) is 4.25. The van der Waals surface area contributed by atoms with Gasteiger partial charge >= 0.3 is 0 Å². The summed E-state index contributed by atoms with van der Waals surface area (Å²) in [5, 5.41) is 3.40. The molecule has 0 amide bonds. The van der Waals surface area contributed by atoms with Gasteiger partial charge in [0.2, 0.25) is 0 Å². The van der Waals surface area contributed by atoms with E-state index in [0.29, 0.717) is 10.8 Å². The monoisotopic (exact) mass is 311 g/mol. The number of hydrogen-bond donors (Lipinski definition) is 1. The number of nitrogens with one attached hydrogen (secondary N) is 1. The van der Waals surface area contributed by atoms with E-state index < -0.39 is 9.84 Å². The van der Waals surface area contributed by atoms with Crippen LogP contribution in [0.15, 0.2) is 29.2 Å². The summed E-state index contributed by atoms with van der Waals surface area (Å²) < 4.78 is 30.2. The summed E-state index contributed by atoms with van der Waals surface area (Å²) in [6.07, 6.45) is 1.05. The normalized spacial score (nSPS) is 22.1. The van der Waals surface area contributed by atoms with Crippen molar-refractivity contribution in [2.24, 2.45) is 5.92 Å². The van der Waals surface area contributed by atoms with Crippen LogP contribution in [0, 0.1) is 12.8 Å². The minimum Gasteiger partial charge on any atom is -0.381 e. The third kappa shape index (κ3) is 4.53. The van der Waals surface area contributed by atoms with E-state index in [4.69, 9.17) is 4.74 Å². The van der Waals surface area contributed by atoms with Crippen LogP contribution in [0.2, 0.25) is 0 Å². The number of hydrogen-bond acceptors (Lipinski definition) is 4. The van der Waals surface area contributed by atoms with Crippen LogP contribution in [0.3, 0.4) is 0 Å². The van der Waals surface area contributed by atoms with Gasteiger partial charge < -0.3 is 10.1 Å². The zero-order valence-electron chi connectivity index (χ0n) is 13.0. The molecule has 1 heterocycles. The van der Waals surface area contributed by atoms with Crippen molar-refractivity contribution in [1.29, 1.82) is 0 Å². The van der Waals surface area contributed by atoms with Crippen LogP contribution in [0.1, 0.15) is 25.8 Å². The van der Waals surface area contributed by atoms with Gasteiger partial charge in [0.25, 0.3) is 0 Å². The third-order valence-electron chi connectivity index (χ3n) is 4.07. The highest BCUT2D eigenvalue weighted by atomic mass is 32.2. The Morgan fingerprint density at radius 1 is 1.29 bits per heavy atom. The van der Waals surface area contributed by atoms with E-state index in [0.717, 1.165) is 25.2 Å². The molecule has 1 aliphatic rings. The van der Waals surface area contributed by atoms with Crippen LogP contribution in [-0.4, -0.2) is 39.5 Å². The molecule has 2 rings (SSSR count). The summed E-state index contributed by atoms with van der Waals surface area (Å²) >= 11 is 0. The predicted molar refractivity (Wildman–Crippen MR) is 84.2 cm³/mol. The predicted octanol–water partition coefficient (Wildman–Crippen LogP) is 2.17. The first-order valence-electron chi connectivity index (χ1n) is 7.51. The van der Waals surface area contributed by atoms with Crippen LogP contribution >= 0.6 is 0 Å². The minimum atomic E-state index is -3.24. The lowest BCUT2D eigenvalue weighted by Gasteiger charge is -2.24. The van der Waals surface area contributed by atoms with Crippen molar-refractivity contribution >= 4 is 9.84 Å². The van der Waals surface area contributed by atoms with E-state index in [1.165, 1.54) is 0 Å². The minimum absolute atomic E-state index is 0.0769. The first-order chi connectivity index (χ1) is 9.88. The largest absolute Gasteiger partial charge is 0.381 e. The van der Waals surface area contributed by atoms with Crippen molar-refractivity contribution in [3.8, 4) is 0 Å². The Morgan fingerprint density at radius 2 is 1.95 bits per heavy atom. The third-order valence-corrected chi connectivity index (χ3v) is 6.00. The van der Waals surface area contributed by atoms with Gasteiger partial charge in [0.05, 0.1) is 17.3 Å². The number of rotatable bonds is 6. The van der Waals surface area contributed by atoms with Crippen LogP contribution in [0.5, 0.6) is 0 Å². The quantitative estimate of drug-likeness (QED) is 0.875. The maximum Gasteiger partial charge on any atom is 0.179 e. The van der Waals surface area contributed by atoms with Crippen molar-refractivity contribution in [1.82, 2.24) is 5.32 Å². The zero-order valence-corrected chi connectivity index (χ0v) is 13.8. The number of benzene rings is 1. The molecule has 1 fully saturated rings. The van der Waals surface area contributed by atoms with Gasteiger partial charge in [0.15, 0.2) is 9.84 Å². The lowest BCUT2D eigenvalue weighted by Crippen LogP contribution is -2.43. The second-order valence-electron chi connectivity index (χ2n) is 6.07. The average molecular weight is 311 g/mol. The second-order valence-corrected chi connectivity index (χ2v) is 8.11. The fraction of sp³-hybridized carbons (Fsp3) is 0.625. The first kappa shape index (κ1) is 16.5. The maximum atomic E-state index is 12.4. The summed E-state index contributed by atoms with van der Waals surface area (Å²) in [4.78, 5) is 0.401. The van der Waals surface area contributed by atoms with Gasteiger partial charge in [-0.2, -0.15) is 0 Å². The molecule has 0 unspecified atom stereocenters. The van der Waals surface area contributed by atoms with Gasteiger partial charge in [-0.05, 0) is 45.2 Å². The molecule has 118 valence electrons. The summed E-state index contributed by atoms with van der Waals surface area (Å²) in [7, 11) is -3.24. The smallest absolute Gasteiger partial charge is 0.179 e. The summed E-state index contributed by atoms with van der Waals surface area (Å²) in [5.74, 6) is 0.600. The van der Waals surface area contributed by atoms with Crippen molar-refractivity contribution in [3.05, 3.63) is 29.8 Å². The highest BCUT2D eigenvalue weighted by molar-refractivity contribution is 7.91. The van der Waals surface area contributed by atoms with Gasteiger partial charge in [0, 0.05) is 18.7 Å². The van der Waals surface area contributed by atoms with E-state index in [2.05, 4.69) is 12.2 Å². The number of sulfone groups is 1. The van der Waals surface area contributed by atoms with Crippen molar-refractivity contribution in [2.75, 3.05) is 19.0 Å². The molecular formula is C16H25NO3S. The standard InChI is InChI=1S/C16H25NO3S/c1-12-4-6-16(7-5-12)21(18,19)11-13(2)17-14(3)15-8-9-20-10-15/h4-7,13-15,17H,8-11H2,1-3H3/t13-,14-,15+/m0/s1. The molecule has 21 heavy (non-hydrogen) atoms. The van der Waals surface area contributed by atoms with E-state index >= 15 is 0 Å². The van der Waals surface area contributed by atoms with Crippen LogP contribution in [0.25, 0.3) is 0 Å². The molecule has 1 aromatic rings. The highest BCUT2D eigenvalue weighted by Crippen LogP contribution is 2.18. The van der Waals surface area contributed by atoms with Crippen LogP contribution < -0.4 is 5.32 Å². The molecule has 1 N–H and O–H groups in total. The topological polar surface area (TPSA) is 55.4 Å². The molecule has 3 atom stereocenters. The molecule has 0 radical (unpaired) electrons. The lowest BCUT2D eigenvalue weighted by atomic mass is 10.0. The Hall–Kier alpha value is -0.910. The van der Waals surface area contributed by atoms with E-state index in [-0.39, 0.29) is 17.8 Å². The first-order valence-corrected chi connectivity index (χ1v) is 9.17. The Balaban J connectivity index is 1.94. The molecule has 1 aliphatic heterocycles. The number of ether oxygens (including phenoxy) is 1. The fourth-order valence-electron chi connectivity index (χ4n) is 2.75. The SMILES string of the molecule is Cc1ccc(S(=O)(=O)C[C@H](C)N[C@@H](C)[C@@H]2CCOC2)cc1. The van der Waals surface area contributed by atoms with E-state index in [1.807, 2.05) is 26.0 Å². The van der Waals surface area contributed by atoms with Crippen LogP contribution in [-0.2, 0) is 14.6 Å². The van der Waals surface area contributed by atoms with Gasteiger partial charge in [-0.25, -0.2) is 8.42 Å². The maximum absolute atomic E-state index is 12.4. The highest BCUT2D eigenvalue weighted by Gasteiger charge is 2.25. The van der Waals surface area contributed by atoms with Gasteiger partial charge in [-0.3, -0.25) is 0 Å². The summed E-state index contributed by atoms with van der Waals surface area (Å²) in [5.41, 5.74) is 1.06. The molecule has 5 heteroatoms. The summed E-state index contributed by atoms with van der Waals surface area (Å²) in [6.45, 7) is 7.57. The molecule has 1 saturated heterocycles. The molecular weight excluding hydrogens is 286 g/mol. The van der Waals surface area contributed by atoms with Crippen LogP contribution in [0.4, 0.5) is 0 Å². The lowest BCUT2D eigenvalue weighted by molar-refractivity contribution is 0.177. The molecule has 0 saturated carbocycles. The molecule has 4 nitrogen and oxygen atoms in total. The van der Waals surface area contributed by atoms with E-state index in [1.54, 1.807) is 12.1 Å². The molecule has 0 aliphatic carbocycles. The zero-order chi connectivity index (χ0) is 15.5. The van der Waals surface area contributed by atoms with Gasteiger partial charge in [0.1, 0.15) is 0 Å². The van der Waals surface area contributed by atoms with Gasteiger partial charge in [-0.1, -0.05) is 17.7 Å². The van der Waals surface area contributed by atoms with Crippen molar-refractivity contribution < 1.29 is 13.2 Å². The van der Waals surface area contributed by atoms with Crippen molar-refractivity contribution in [2.45, 2.75) is 44.2 Å². The molecule has 0 aromatic heterocycles. The average Bonchev–Trinajstić information content (AvgIpc) is 2.92. The summed E-state index contributed by atoms with van der Waals surface area (Å²) in [6, 6.07) is 7.24. The number of aryl methyl sites for hydroxylation is 1. The Kier molecular flexibility index (Phi) is 5.41. The second kappa shape index (κ2) is 6.90. The van der Waals surface area contributed by atoms with Gasteiger partial charge in [-0.15, -0.1) is 0 Å². The Labute approximate surface area is 127 Å². The van der Waals surface area contributed by atoms with Crippen molar-refractivity contribution in [3.63, 3.8) is 0 Å². The molecule has 1 aromatic carbocycles. The molecule has 0 spiro atoms. The Morgan fingerprint density at radius 3 is 2.52 bits per heavy atom.